The molecule has 1 aliphatic rings. The molecule has 0 fully saturated rings. The second-order valence-electron chi connectivity index (χ2n) is 9.05. The Morgan fingerprint density at radius 2 is 1.95 bits per heavy atom. The fraction of sp³-hybridized carbons (Fsp3) is 0.357. The van der Waals surface area contributed by atoms with E-state index in [1.165, 1.54) is 12.0 Å². The highest BCUT2D eigenvalue weighted by atomic mass is 35.5. The minimum Gasteiger partial charge on any atom is -0.495 e. The summed E-state index contributed by atoms with van der Waals surface area (Å²) in [6, 6.07) is 4.77. The van der Waals surface area contributed by atoms with Crippen molar-refractivity contribution in [2.24, 2.45) is 5.92 Å². The van der Waals surface area contributed by atoms with Crippen molar-refractivity contribution in [2.75, 3.05) is 20.2 Å². The van der Waals surface area contributed by atoms with Crippen LogP contribution in [0.1, 0.15) is 53.4 Å². The van der Waals surface area contributed by atoms with Crippen LogP contribution in [-0.2, 0) is 11.3 Å². The molecule has 1 heterocycles. The van der Waals surface area contributed by atoms with Crippen LogP contribution < -0.4 is 14.2 Å². The number of hydrogen-bond donors (Lipinski definition) is 1. The summed E-state index contributed by atoms with van der Waals surface area (Å²) < 4.78 is 23.0. The first kappa shape index (κ1) is 28.1. The van der Waals surface area contributed by atoms with Gasteiger partial charge in [0, 0.05) is 18.7 Å². The molecule has 37 heavy (non-hydrogen) atoms. The Balaban J connectivity index is 2.13. The standard InChI is InChI=1S/C28H32ClNO7/c1-7-11-30(12-8-2)28(33)37-22-14-17(5)24(29)19-15-35-27(32)23-21(36-25(19)22)10-9-18(26(23)34-6)20(31)13-16(3)4/h7-10,14,16,20,31H,1-2,11-13,15H2,3-6H3/t20-/m0/s1. The van der Waals surface area contributed by atoms with Gasteiger partial charge in [-0.15, -0.1) is 13.2 Å². The SMILES string of the molecule is C=CCN(CC=C)C(=O)Oc1cc(C)c(Cl)c2c1Oc1ccc([C@@H](O)CC(C)C)c(OC)c1C(=O)OC2. The number of nitrogens with zero attached hydrogens (tertiary/aromatic N) is 1. The van der Waals surface area contributed by atoms with E-state index in [1.54, 1.807) is 37.3 Å². The Kier molecular flexibility index (Phi) is 9.23. The van der Waals surface area contributed by atoms with E-state index in [2.05, 4.69) is 13.2 Å². The van der Waals surface area contributed by atoms with Crippen LogP contribution in [0.15, 0.2) is 43.5 Å². The van der Waals surface area contributed by atoms with Gasteiger partial charge in [0.15, 0.2) is 11.5 Å². The van der Waals surface area contributed by atoms with Gasteiger partial charge in [0.2, 0.25) is 0 Å². The molecular formula is C28H32ClNO7. The lowest BCUT2D eigenvalue weighted by atomic mass is 9.96. The smallest absolute Gasteiger partial charge is 0.415 e. The number of amides is 1. The molecule has 2 aromatic carbocycles. The minimum atomic E-state index is -0.861. The molecule has 8 nitrogen and oxygen atoms in total. The Morgan fingerprint density at radius 1 is 1.27 bits per heavy atom. The largest absolute Gasteiger partial charge is 0.495 e. The number of aryl methyl sites for hydroxylation is 1. The second-order valence-corrected chi connectivity index (χ2v) is 9.43. The Labute approximate surface area is 222 Å². The highest BCUT2D eigenvalue weighted by molar-refractivity contribution is 6.32. The van der Waals surface area contributed by atoms with Gasteiger partial charge < -0.3 is 29.0 Å². The van der Waals surface area contributed by atoms with E-state index < -0.39 is 18.2 Å². The number of aliphatic hydroxyl groups is 1. The average Bonchev–Trinajstić information content (AvgIpc) is 2.84. The normalized spacial score (nSPS) is 13.2. The lowest BCUT2D eigenvalue weighted by molar-refractivity contribution is 0.0453. The summed E-state index contributed by atoms with van der Waals surface area (Å²) >= 11 is 6.55. The van der Waals surface area contributed by atoms with E-state index in [9.17, 15) is 14.7 Å². The molecule has 1 amide bonds. The summed E-state index contributed by atoms with van der Waals surface area (Å²) in [4.78, 5) is 27.4. The molecule has 1 atom stereocenters. The number of carbonyl (C=O) groups is 2. The fourth-order valence-corrected chi connectivity index (χ4v) is 4.25. The molecule has 0 aromatic heterocycles. The van der Waals surface area contributed by atoms with Gasteiger partial charge in [-0.1, -0.05) is 37.6 Å². The highest BCUT2D eigenvalue weighted by Gasteiger charge is 2.32. The summed E-state index contributed by atoms with van der Waals surface area (Å²) in [6.07, 6.45) is 2.12. The number of rotatable bonds is 9. The first-order chi connectivity index (χ1) is 17.6. The van der Waals surface area contributed by atoms with E-state index in [-0.39, 0.29) is 54.2 Å². The van der Waals surface area contributed by atoms with Crippen LogP contribution in [0.4, 0.5) is 4.79 Å². The van der Waals surface area contributed by atoms with Crippen molar-refractivity contribution in [3.05, 3.63) is 70.8 Å². The van der Waals surface area contributed by atoms with Gasteiger partial charge in [0.25, 0.3) is 0 Å². The number of halogens is 1. The van der Waals surface area contributed by atoms with Gasteiger partial charge in [0.05, 0.1) is 23.8 Å². The lowest BCUT2D eigenvalue weighted by Gasteiger charge is -2.25. The van der Waals surface area contributed by atoms with Gasteiger partial charge >= 0.3 is 12.1 Å². The number of hydrogen-bond acceptors (Lipinski definition) is 7. The van der Waals surface area contributed by atoms with Crippen molar-refractivity contribution < 1.29 is 33.6 Å². The zero-order valence-corrected chi connectivity index (χ0v) is 22.3. The molecule has 0 aliphatic carbocycles. The van der Waals surface area contributed by atoms with Crippen molar-refractivity contribution in [3.63, 3.8) is 0 Å². The number of carbonyl (C=O) groups excluding carboxylic acids is 2. The maximum absolute atomic E-state index is 13.1. The number of fused-ring (bicyclic) bond motifs is 2. The van der Waals surface area contributed by atoms with Gasteiger partial charge in [-0.25, -0.2) is 9.59 Å². The van der Waals surface area contributed by atoms with Gasteiger partial charge in [0.1, 0.15) is 23.7 Å². The maximum Gasteiger partial charge on any atom is 0.415 e. The third-order valence-corrected chi connectivity index (χ3v) is 6.31. The van der Waals surface area contributed by atoms with Crippen molar-refractivity contribution >= 4 is 23.7 Å². The molecular weight excluding hydrogens is 498 g/mol. The Hall–Kier alpha value is -3.49. The second kappa shape index (κ2) is 12.2. The third kappa shape index (κ3) is 6.09. The monoisotopic (exact) mass is 529 g/mol. The van der Waals surface area contributed by atoms with E-state index in [1.807, 2.05) is 13.8 Å². The maximum atomic E-state index is 13.1. The van der Waals surface area contributed by atoms with Crippen molar-refractivity contribution in [1.29, 1.82) is 0 Å². The van der Waals surface area contributed by atoms with Gasteiger partial charge in [-0.2, -0.15) is 0 Å². The zero-order chi connectivity index (χ0) is 27.3. The topological polar surface area (TPSA) is 94.5 Å². The third-order valence-electron chi connectivity index (χ3n) is 5.78. The Bertz CT molecular complexity index is 1200. The zero-order valence-electron chi connectivity index (χ0n) is 21.5. The highest BCUT2D eigenvalue weighted by Crippen LogP contribution is 2.46. The van der Waals surface area contributed by atoms with Crippen LogP contribution in [0.25, 0.3) is 0 Å². The lowest BCUT2D eigenvalue weighted by Crippen LogP contribution is -2.34. The van der Waals surface area contributed by atoms with Crippen LogP contribution in [0.5, 0.6) is 23.0 Å². The van der Waals surface area contributed by atoms with Crippen LogP contribution in [0.2, 0.25) is 5.02 Å². The van der Waals surface area contributed by atoms with Crippen LogP contribution in [-0.4, -0.2) is 42.3 Å². The van der Waals surface area contributed by atoms with E-state index in [4.69, 9.17) is 30.5 Å². The molecule has 3 rings (SSSR count). The number of cyclic esters (lactones) is 1. The molecule has 0 saturated heterocycles. The molecule has 9 heteroatoms. The summed E-state index contributed by atoms with van der Waals surface area (Å²) in [7, 11) is 1.41. The molecule has 0 bridgehead atoms. The molecule has 1 N–H and O–H groups in total. The minimum absolute atomic E-state index is 0.0161. The molecule has 0 saturated carbocycles. The molecule has 2 aromatic rings. The number of benzene rings is 2. The van der Waals surface area contributed by atoms with Gasteiger partial charge in [-0.05, 0) is 43.0 Å². The predicted molar refractivity (Wildman–Crippen MR) is 141 cm³/mol. The number of esters is 1. The van der Waals surface area contributed by atoms with Crippen LogP contribution in [0, 0.1) is 12.8 Å². The van der Waals surface area contributed by atoms with Crippen molar-refractivity contribution in [1.82, 2.24) is 4.90 Å². The molecule has 198 valence electrons. The fourth-order valence-electron chi connectivity index (χ4n) is 4.06. The summed E-state index contributed by atoms with van der Waals surface area (Å²) in [5.41, 5.74) is 1.41. The van der Waals surface area contributed by atoms with E-state index >= 15 is 0 Å². The van der Waals surface area contributed by atoms with E-state index in [0.29, 0.717) is 28.1 Å². The number of ether oxygens (including phenoxy) is 4. The van der Waals surface area contributed by atoms with Crippen molar-refractivity contribution in [3.8, 4) is 23.0 Å². The number of aliphatic hydroxyl groups excluding tert-OH is 1. The summed E-state index contributed by atoms with van der Waals surface area (Å²) in [5, 5.41) is 11.1. The van der Waals surface area contributed by atoms with E-state index in [0.717, 1.165) is 0 Å². The quantitative estimate of drug-likeness (QED) is 0.298. The van der Waals surface area contributed by atoms with Crippen LogP contribution >= 0.6 is 11.6 Å². The van der Waals surface area contributed by atoms with Crippen molar-refractivity contribution in [2.45, 2.75) is 39.9 Å². The molecule has 0 spiro atoms. The predicted octanol–water partition coefficient (Wildman–Crippen LogP) is 6.37. The van der Waals surface area contributed by atoms with Crippen LogP contribution in [0.3, 0.4) is 0 Å². The molecule has 0 unspecified atom stereocenters. The first-order valence-electron chi connectivity index (χ1n) is 11.9. The number of methoxy groups -OCH3 is 1. The van der Waals surface area contributed by atoms with Gasteiger partial charge in [-0.3, -0.25) is 0 Å². The summed E-state index contributed by atoms with van der Waals surface area (Å²) in [6.45, 7) is 13.3. The first-order valence-corrected chi connectivity index (χ1v) is 12.2. The molecule has 0 radical (unpaired) electrons. The summed E-state index contributed by atoms with van der Waals surface area (Å²) in [5.74, 6) is 0.00395. The molecule has 1 aliphatic heterocycles. The average molecular weight is 530 g/mol. The Morgan fingerprint density at radius 3 is 2.54 bits per heavy atom.